The Morgan fingerprint density at radius 1 is 1.73 bits per heavy atom. The van der Waals surface area contributed by atoms with Crippen LogP contribution in [0.25, 0.3) is 0 Å². The average Bonchev–Trinajstić information content (AvgIpc) is 2.32. The Hall–Kier alpha value is -1.12. The summed E-state index contributed by atoms with van der Waals surface area (Å²) in [6.45, 7) is 4.43. The van der Waals surface area contributed by atoms with Gasteiger partial charge in [0.25, 0.3) is 0 Å². The third kappa shape index (κ3) is 1.67. The summed E-state index contributed by atoms with van der Waals surface area (Å²) in [4.78, 5) is 10.1. The van der Waals surface area contributed by atoms with E-state index in [0.717, 1.165) is 24.0 Å². The van der Waals surface area contributed by atoms with Gasteiger partial charge in [-0.2, -0.15) is 5.10 Å². The second-order valence-electron chi connectivity index (χ2n) is 2.50. The lowest BCUT2D eigenvalue weighted by molar-refractivity contribution is -0.108. The lowest BCUT2D eigenvalue weighted by Crippen LogP contribution is -1.99. The lowest BCUT2D eigenvalue weighted by Gasteiger charge is -1.90. The van der Waals surface area contributed by atoms with Crippen molar-refractivity contribution in [2.24, 2.45) is 0 Å². The largest absolute Gasteiger partial charge is 0.301 e. The van der Waals surface area contributed by atoms with E-state index in [1.165, 1.54) is 0 Å². The lowest BCUT2D eigenvalue weighted by atomic mass is 10.2. The molecule has 1 aromatic rings. The normalized spacial score (nSPS) is 10.0. The molecule has 0 saturated carbocycles. The fourth-order valence-corrected chi connectivity index (χ4v) is 1.08. The number of carbonyl (C=O) groups excluding carboxylic acids is 1. The summed E-state index contributed by atoms with van der Waals surface area (Å²) in [5.74, 6) is 0. The van der Waals surface area contributed by atoms with Crippen LogP contribution in [0.5, 0.6) is 0 Å². The van der Waals surface area contributed by atoms with Gasteiger partial charge in [-0.15, -0.1) is 0 Å². The molecule has 0 spiro atoms. The van der Waals surface area contributed by atoms with E-state index in [1.807, 2.05) is 13.1 Å². The number of carbonyl (C=O) groups is 1. The zero-order chi connectivity index (χ0) is 8.27. The van der Waals surface area contributed by atoms with E-state index < -0.39 is 0 Å². The van der Waals surface area contributed by atoms with Gasteiger partial charge in [-0.05, 0) is 18.9 Å². The Kier molecular flexibility index (Phi) is 2.41. The minimum Gasteiger partial charge on any atom is -0.301 e. The molecule has 0 fully saturated rings. The van der Waals surface area contributed by atoms with Gasteiger partial charge in [0.2, 0.25) is 0 Å². The Balaban J connectivity index is 2.85. The predicted octanol–water partition coefficient (Wildman–Crippen LogP) is 0.953. The molecule has 60 valence electrons. The van der Waals surface area contributed by atoms with Gasteiger partial charge in [0, 0.05) is 6.20 Å². The molecule has 3 nitrogen and oxygen atoms in total. The monoisotopic (exact) mass is 152 g/mol. The van der Waals surface area contributed by atoms with Crippen LogP contribution in [0, 0.1) is 6.92 Å². The molecule has 0 N–H and O–H groups in total. The van der Waals surface area contributed by atoms with Crippen molar-refractivity contribution < 1.29 is 4.79 Å². The maximum absolute atomic E-state index is 10.1. The van der Waals surface area contributed by atoms with Crippen LogP contribution in [0.15, 0.2) is 6.20 Å². The molecule has 0 aromatic carbocycles. The van der Waals surface area contributed by atoms with E-state index in [1.54, 1.807) is 4.68 Å². The van der Waals surface area contributed by atoms with Crippen LogP contribution in [-0.2, 0) is 17.8 Å². The minimum absolute atomic E-state index is 0.362. The maximum atomic E-state index is 10.1. The number of aldehydes is 1. The molecule has 0 aliphatic rings. The first kappa shape index (κ1) is 7.98. The number of hydrogen-bond donors (Lipinski definition) is 0. The Bertz CT molecular complexity index is 253. The molecule has 1 heterocycles. The van der Waals surface area contributed by atoms with Crippen molar-refractivity contribution in [1.82, 2.24) is 9.78 Å². The number of rotatable bonds is 3. The van der Waals surface area contributed by atoms with E-state index in [9.17, 15) is 4.79 Å². The molecule has 1 aromatic heterocycles. The van der Waals surface area contributed by atoms with Gasteiger partial charge < -0.3 is 4.79 Å². The molecule has 0 saturated heterocycles. The summed E-state index contributed by atoms with van der Waals surface area (Å²) in [5.41, 5.74) is 2.24. The molecule has 0 amide bonds. The van der Waals surface area contributed by atoms with Crippen molar-refractivity contribution in [2.45, 2.75) is 26.8 Å². The van der Waals surface area contributed by atoms with Gasteiger partial charge in [0.1, 0.15) is 6.29 Å². The third-order valence-electron chi connectivity index (χ3n) is 1.64. The summed E-state index contributed by atoms with van der Waals surface area (Å²) in [6.07, 6.45) is 3.68. The number of aromatic nitrogens is 2. The van der Waals surface area contributed by atoms with Crippen LogP contribution < -0.4 is 0 Å². The fraction of sp³-hybridized carbons (Fsp3) is 0.500. The quantitative estimate of drug-likeness (QED) is 0.604. The summed E-state index contributed by atoms with van der Waals surface area (Å²) >= 11 is 0. The standard InChI is InChI=1S/C8H12N2O/c1-3-8-7(2)6-10(9-8)4-5-11/h5-6H,3-4H2,1-2H3. The van der Waals surface area contributed by atoms with Gasteiger partial charge in [-0.1, -0.05) is 6.92 Å². The zero-order valence-corrected chi connectivity index (χ0v) is 6.87. The van der Waals surface area contributed by atoms with Crippen LogP contribution in [0.2, 0.25) is 0 Å². The molecule has 0 bridgehead atoms. The highest BCUT2D eigenvalue weighted by atomic mass is 16.1. The van der Waals surface area contributed by atoms with Gasteiger partial charge in [0.15, 0.2) is 0 Å². The highest BCUT2D eigenvalue weighted by Gasteiger charge is 2.00. The highest BCUT2D eigenvalue weighted by Crippen LogP contribution is 2.04. The van der Waals surface area contributed by atoms with E-state index in [-0.39, 0.29) is 0 Å². The van der Waals surface area contributed by atoms with E-state index in [2.05, 4.69) is 12.0 Å². The molecule has 11 heavy (non-hydrogen) atoms. The van der Waals surface area contributed by atoms with Crippen molar-refractivity contribution >= 4 is 6.29 Å². The second-order valence-corrected chi connectivity index (χ2v) is 2.50. The third-order valence-corrected chi connectivity index (χ3v) is 1.64. The van der Waals surface area contributed by atoms with Crippen LogP contribution in [0.3, 0.4) is 0 Å². The Labute approximate surface area is 66.0 Å². The highest BCUT2D eigenvalue weighted by molar-refractivity contribution is 5.48. The summed E-state index contributed by atoms with van der Waals surface area (Å²) in [5, 5.41) is 4.20. The van der Waals surface area contributed by atoms with Crippen molar-refractivity contribution in [1.29, 1.82) is 0 Å². The minimum atomic E-state index is 0.362. The van der Waals surface area contributed by atoms with Crippen LogP contribution in [0.1, 0.15) is 18.2 Å². The molecule has 0 unspecified atom stereocenters. The fourth-order valence-electron chi connectivity index (χ4n) is 1.08. The first-order valence-corrected chi connectivity index (χ1v) is 3.74. The first-order valence-electron chi connectivity index (χ1n) is 3.74. The van der Waals surface area contributed by atoms with Crippen molar-refractivity contribution in [3.8, 4) is 0 Å². The van der Waals surface area contributed by atoms with Crippen molar-refractivity contribution in [3.63, 3.8) is 0 Å². The second kappa shape index (κ2) is 3.32. The van der Waals surface area contributed by atoms with Gasteiger partial charge in [0.05, 0.1) is 12.2 Å². The molecule has 0 radical (unpaired) electrons. The van der Waals surface area contributed by atoms with Crippen molar-refractivity contribution in [3.05, 3.63) is 17.5 Å². The molecule has 1 rings (SSSR count). The summed E-state index contributed by atoms with van der Waals surface area (Å²) in [6, 6.07) is 0. The maximum Gasteiger partial charge on any atom is 0.141 e. The molecule has 0 atom stereocenters. The average molecular weight is 152 g/mol. The molecular formula is C8H12N2O. The van der Waals surface area contributed by atoms with Crippen LogP contribution in [0.4, 0.5) is 0 Å². The predicted molar refractivity (Wildman–Crippen MR) is 42.4 cm³/mol. The van der Waals surface area contributed by atoms with E-state index in [0.29, 0.717) is 6.54 Å². The first-order chi connectivity index (χ1) is 5.27. The van der Waals surface area contributed by atoms with Gasteiger partial charge in [-0.3, -0.25) is 4.68 Å². The molecule has 0 aliphatic carbocycles. The zero-order valence-electron chi connectivity index (χ0n) is 6.87. The van der Waals surface area contributed by atoms with Gasteiger partial charge in [-0.25, -0.2) is 0 Å². The van der Waals surface area contributed by atoms with E-state index >= 15 is 0 Å². The number of hydrogen-bond acceptors (Lipinski definition) is 2. The SMILES string of the molecule is CCc1nn(CC=O)cc1C. The number of aryl methyl sites for hydroxylation is 2. The van der Waals surface area contributed by atoms with E-state index in [4.69, 9.17) is 0 Å². The van der Waals surface area contributed by atoms with Crippen molar-refractivity contribution in [2.75, 3.05) is 0 Å². The van der Waals surface area contributed by atoms with Crippen LogP contribution >= 0.6 is 0 Å². The van der Waals surface area contributed by atoms with Gasteiger partial charge >= 0.3 is 0 Å². The number of nitrogens with zero attached hydrogens (tertiary/aromatic N) is 2. The summed E-state index contributed by atoms with van der Waals surface area (Å²) in [7, 11) is 0. The summed E-state index contributed by atoms with van der Waals surface area (Å²) < 4.78 is 1.67. The molecule has 3 heteroatoms. The Morgan fingerprint density at radius 3 is 2.91 bits per heavy atom. The molecular weight excluding hydrogens is 140 g/mol. The smallest absolute Gasteiger partial charge is 0.141 e. The Morgan fingerprint density at radius 2 is 2.45 bits per heavy atom. The topological polar surface area (TPSA) is 34.9 Å². The molecule has 0 aliphatic heterocycles. The van der Waals surface area contributed by atoms with Crippen LogP contribution in [-0.4, -0.2) is 16.1 Å².